The number of aromatic nitrogens is 2. The van der Waals surface area contributed by atoms with Crippen molar-refractivity contribution in [1.82, 2.24) is 15.3 Å². The number of hydrogen-bond donors (Lipinski definition) is 3. The first-order valence-electron chi connectivity index (χ1n) is 10.1. The topological polar surface area (TPSA) is 99.5 Å². The van der Waals surface area contributed by atoms with Gasteiger partial charge in [0.1, 0.15) is 29.5 Å². The Morgan fingerprint density at radius 2 is 2.13 bits per heavy atom. The van der Waals surface area contributed by atoms with Gasteiger partial charge in [0.2, 0.25) is 0 Å². The van der Waals surface area contributed by atoms with E-state index in [9.17, 15) is 18.7 Å². The van der Waals surface area contributed by atoms with Crippen LogP contribution in [-0.2, 0) is 11.3 Å². The normalized spacial score (nSPS) is 21.1. The molecule has 4 rings (SSSR count). The van der Waals surface area contributed by atoms with Gasteiger partial charge in [0.25, 0.3) is 5.91 Å². The molecule has 2 aliphatic rings. The number of halogens is 2. The van der Waals surface area contributed by atoms with Crippen molar-refractivity contribution in [3.05, 3.63) is 53.0 Å². The molecule has 1 fully saturated rings. The third-order valence-corrected chi connectivity index (χ3v) is 5.61. The van der Waals surface area contributed by atoms with Crippen LogP contribution in [-0.4, -0.2) is 38.8 Å². The van der Waals surface area contributed by atoms with E-state index in [1.807, 2.05) is 0 Å². The summed E-state index contributed by atoms with van der Waals surface area (Å²) in [6.07, 6.45) is 3.71. The van der Waals surface area contributed by atoms with E-state index < -0.39 is 29.7 Å². The van der Waals surface area contributed by atoms with Gasteiger partial charge in [-0.05, 0) is 43.9 Å². The lowest BCUT2D eigenvalue weighted by Crippen LogP contribution is -2.36. The second-order valence-electron chi connectivity index (χ2n) is 7.56. The Morgan fingerprint density at radius 3 is 2.87 bits per heavy atom. The monoisotopic (exact) mass is 415 g/mol. The average Bonchev–Trinajstić information content (AvgIpc) is 3.35. The van der Waals surface area contributed by atoms with Gasteiger partial charge in [0, 0.05) is 5.56 Å². The third kappa shape index (κ3) is 3.89. The number of amides is 1. The van der Waals surface area contributed by atoms with Crippen LogP contribution in [0.15, 0.2) is 29.5 Å². The molecule has 1 aromatic heterocycles. The summed E-state index contributed by atoms with van der Waals surface area (Å²) in [6, 6.07) is 2.31. The lowest BCUT2D eigenvalue weighted by molar-refractivity contribution is -0.115. The molecule has 0 unspecified atom stereocenters. The number of anilines is 1. The molecule has 1 saturated carbocycles. The zero-order valence-electron chi connectivity index (χ0n) is 16.5. The molecular formula is C21H23F2N5O2. The minimum atomic E-state index is -0.711. The number of nitrogens with one attached hydrogen (secondary N) is 2. The fourth-order valence-corrected chi connectivity index (χ4v) is 4.01. The summed E-state index contributed by atoms with van der Waals surface area (Å²) in [5, 5.41) is 16.1. The standard InChI is InChI=1S/C21H23F2N5O2/c1-2-14(12-8-11(22)6-7-13(12)23)28-21(30)19-18-16(9-24-19)25-10-26-20(18)27-15-4-3-5-17(15)29/h6-8,10,14-15,17,29H,2-5,9H2,1H3,(H,28,30)(H,25,26,27)/t14-,15-,17-/m1/s1. The minimum Gasteiger partial charge on any atom is -0.391 e. The fraction of sp³-hybridized carbons (Fsp3) is 0.429. The Hall–Kier alpha value is -2.94. The Morgan fingerprint density at radius 1 is 1.30 bits per heavy atom. The highest BCUT2D eigenvalue weighted by molar-refractivity contribution is 6.47. The quantitative estimate of drug-likeness (QED) is 0.674. The molecule has 7 nitrogen and oxygen atoms in total. The lowest BCUT2D eigenvalue weighted by atomic mass is 10.0. The first-order valence-corrected chi connectivity index (χ1v) is 10.1. The number of carbonyl (C=O) groups excluding carboxylic acids is 1. The van der Waals surface area contributed by atoms with E-state index in [1.165, 1.54) is 6.33 Å². The highest BCUT2D eigenvalue weighted by Crippen LogP contribution is 2.28. The molecular weight excluding hydrogens is 392 g/mol. The summed E-state index contributed by atoms with van der Waals surface area (Å²) in [5.74, 6) is -1.22. The molecule has 0 saturated heterocycles. The Kier molecular flexibility index (Phi) is 5.72. The summed E-state index contributed by atoms with van der Waals surface area (Å²) >= 11 is 0. The molecule has 9 heteroatoms. The first kappa shape index (κ1) is 20.3. The van der Waals surface area contributed by atoms with Gasteiger partial charge in [-0.15, -0.1) is 0 Å². The number of fused-ring (bicyclic) bond motifs is 1. The van der Waals surface area contributed by atoms with Crippen LogP contribution >= 0.6 is 0 Å². The van der Waals surface area contributed by atoms with Gasteiger partial charge < -0.3 is 15.7 Å². The van der Waals surface area contributed by atoms with Crippen LogP contribution in [0.3, 0.4) is 0 Å². The number of aliphatic hydroxyl groups is 1. The van der Waals surface area contributed by atoms with Crippen LogP contribution in [0, 0.1) is 11.6 Å². The number of rotatable bonds is 6. The molecule has 158 valence electrons. The minimum absolute atomic E-state index is 0.0846. The number of aliphatic imine (C=N–C) groups is 1. The van der Waals surface area contributed by atoms with E-state index in [1.54, 1.807) is 6.92 Å². The fourth-order valence-electron chi connectivity index (χ4n) is 4.01. The molecule has 3 atom stereocenters. The molecule has 3 N–H and O–H groups in total. The summed E-state index contributed by atoms with van der Waals surface area (Å²) in [6.45, 7) is 2.00. The van der Waals surface area contributed by atoms with Crippen molar-refractivity contribution >= 4 is 17.4 Å². The molecule has 2 heterocycles. The van der Waals surface area contributed by atoms with E-state index in [0.29, 0.717) is 29.9 Å². The molecule has 30 heavy (non-hydrogen) atoms. The Balaban J connectivity index is 1.57. The molecule has 0 bridgehead atoms. The average molecular weight is 415 g/mol. The molecule has 1 aliphatic heterocycles. The van der Waals surface area contributed by atoms with Crippen molar-refractivity contribution in [2.75, 3.05) is 5.32 Å². The van der Waals surface area contributed by atoms with Gasteiger partial charge in [-0.1, -0.05) is 6.92 Å². The Bertz CT molecular complexity index is 997. The van der Waals surface area contributed by atoms with Gasteiger partial charge in [-0.3, -0.25) is 9.79 Å². The predicted molar refractivity (Wildman–Crippen MR) is 107 cm³/mol. The Labute approximate surface area is 172 Å². The number of aliphatic hydroxyl groups excluding tert-OH is 1. The van der Waals surface area contributed by atoms with Crippen molar-refractivity contribution < 1.29 is 18.7 Å². The first-order chi connectivity index (χ1) is 14.5. The summed E-state index contributed by atoms with van der Waals surface area (Å²) in [7, 11) is 0. The van der Waals surface area contributed by atoms with E-state index in [4.69, 9.17) is 0 Å². The molecule has 0 spiro atoms. The van der Waals surface area contributed by atoms with Gasteiger partial charge in [0.15, 0.2) is 0 Å². The van der Waals surface area contributed by atoms with Crippen LogP contribution < -0.4 is 10.6 Å². The van der Waals surface area contributed by atoms with Crippen LogP contribution in [0.25, 0.3) is 0 Å². The highest BCUT2D eigenvalue weighted by Gasteiger charge is 2.32. The SMILES string of the molecule is CC[C@@H](NC(=O)C1=NCc2ncnc(N[C@@H]3CCC[C@H]3O)c21)c1cc(F)ccc1F. The second kappa shape index (κ2) is 8.43. The number of carbonyl (C=O) groups is 1. The molecule has 2 aromatic rings. The highest BCUT2D eigenvalue weighted by atomic mass is 19.1. The van der Waals surface area contributed by atoms with Crippen molar-refractivity contribution in [2.24, 2.45) is 4.99 Å². The summed E-state index contributed by atoms with van der Waals surface area (Å²) in [4.78, 5) is 25.8. The van der Waals surface area contributed by atoms with Crippen LogP contribution in [0.4, 0.5) is 14.6 Å². The molecule has 1 aliphatic carbocycles. The zero-order valence-corrected chi connectivity index (χ0v) is 16.5. The maximum Gasteiger partial charge on any atom is 0.270 e. The van der Waals surface area contributed by atoms with Crippen LogP contribution in [0.1, 0.15) is 55.5 Å². The maximum absolute atomic E-state index is 14.2. The van der Waals surface area contributed by atoms with Gasteiger partial charge in [0.05, 0.1) is 36.0 Å². The number of nitrogens with zero attached hydrogens (tertiary/aromatic N) is 3. The lowest BCUT2D eigenvalue weighted by Gasteiger charge is -2.21. The third-order valence-electron chi connectivity index (χ3n) is 5.61. The van der Waals surface area contributed by atoms with E-state index in [0.717, 1.165) is 31.0 Å². The van der Waals surface area contributed by atoms with Crippen molar-refractivity contribution in [3.63, 3.8) is 0 Å². The zero-order chi connectivity index (χ0) is 21.3. The van der Waals surface area contributed by atoms with Gasteiger partial charge in [-0.25, -0.2) is 18.7 Å². The van der Waals surface area contributed by atoms with Crippen molar-refractivity contribution in [1.29, 1.82) is 0 Å². The largest absolute Gasteiger partial charge is 0.391 e. The second-order valence-corrected chi connectivity index (χ2v) is 7.56. The summed E-state index contributed by atoms with van der Waals surface area (Å²) < 4.78 is 27.8. The smallest absolute Gasteiger partial charge is 0.270 e. The number of hydrogen-bond acceptors (Lipinski definition) is 6. The predicted octanol–water partition coefficient (Wildman–Crippen LogP) is 2.65. The van der Waals surface area contributed by atoms with Crippen LogP contribution in [0.5, 0.6) is 0 Å². The molecule has 1 amide bonds. The van der Waals surface area contributed by atoms with E-state index in [-0.39, 0.29) is 23.9 Å². The van der Waals surface area contributed by atoms with E-state index in [2.05, 4.69) is 25.6 Å². The van der Waals surface area contributed by atoms with Gasteiger partial charge >= 0.3 is 0 Å². The summed E-state index contributed by atoms with van der Waals surface area (Å²) in [5.41, 5.74) is 1.33. The maximum atomic E-state index is 14.2. The van der Waals surface area contributed by atoms with Crippen molar-refractivity contribution in [3.8, 4) is 0 Å². The van der Waals surface area contributed by atoms with Crippen LogP contribution in [0.2, 0.25) is 0 Å². The molecule has 0 radical (unpaired) electrons. The molecule has 1 aromatic carbocycles. The number of benzene rings is 1. The van der Waals surface area contributed by atoms with E-state index >= 15 is 0 Å². The van der Waals surface area contributed by atoms with Crippen molar-refractivity contribution in [2.45, 2.75) is 57.3 Å². The van der Waals surface area contributed by atoms with Gasteiger partial charge in [-0.2, -0.15) is 0 Å².